The van der Waals surface area contributed by atoms with E-state index in [9.17, 15) is 22.9 Å². The van der Waals surface area contributed by atoms with Crippen LogP contribution in [0.25, 0.3) is 0 Å². The summed E-state index contributed by atoms with van der Waals surface area (Å²) < 4.78 is 40.4. The predicted molar refractivity (Wildman–Crippen MR) is 73.6 cm³/mol. The highest BCUT2D eigenvalue weighted by Gasteiger charge is 2.43. The van der Waals surface area contributed by atoms with Crippen LogP contribution in [0.5, 0.6) is 0 Å². The lowest BCUT2D eigenvalue weighted by molar-refractivity contribution is -0.387. The van der Waals surface area contributed by atoms with Gasteiger partial charge in [0, 0.05) is 18.2 Å². The minimum absolute atomic E-state index is 0.111. The molecule has 7 nitrogen and oxygen atoms in total. The molecule has 1 fully saturated rings. The molecule has 2 rings (SSSR count). The highest BCUT2D eigenvalue weighted by Crippen LogP contribution is 2.39. The Morgan fingerprint density at radius 1 is 1.52 bits per heavy atom. The fourth-order valence-electron chi connectivity index (χ4n) is 2.18. The van der Waals surface area contributed by atoms with Crippen molar-refractivity contribution in [2.45, 2.75) is 30.2 Å². The molecule has 0 saturated heterocycles. The van der Waals surface area contributed by atoms with Crippen LogP contribution in [0, 0.1) is 21.8 Å². The third-order valence-corrected chi connectivity index (χ3v) is 5.30. The Kier molecular flexibility index (Phi) is 4.00. The minimum Gasteiger partial charge on any atom is -0.329 e. The molecule has 1 saturated carbocycles. The molecule has 21 heavy (non-hydrogen) atoms. The lowest BCUT2D eigenvalue weighted by Crippen LogP contribution is -2.52. The van der Waals surface area contributed by atoms with Crippen LogP contribution in [0.4, 0.5) is 10.1 Å². The number of nitro groups is 1. The molecule has 0 radical (unpaired) electrons. The summed E-state index contributed by atoms with van der Waals surface area (Å²) in [6.45, 7) is 1.81. The smallest absolute Gasteiger partial charge is 0.306 e. The number of nitrogens with zero attached hydrogens (tertiary/aromatic N) is 1. The third kappa shape index (κ3) is 3.20. The fourth-order valence-corrected chi connectivity index (χ4v) is 3.67. The van der Waals surface area contributed by atoms with Crippen molar-refractivity contribution in [2.24, 2.45) is 11.7 Å². The van der Waals surface area contributed by atoms with E-state index in [-0.39, 0.29) is 17.4 Å². The average molecular weight is 317 g/mol. The van der Waals surface area contributed by atoms with Gasteiger partial charge in [0.05, 0.1) is 9.82 Å². The first-order chi connectivity index (χ1) is 9.69. The van der Waals surface area contributed by atoms with Crippen LogP contribution in [0.1, 0.15) is 19.8 Å². The van der Waals surface area contributed by atoms with Gasteiger partial charge in [-0.15, -0.1) is 0 Å². The van der Waals surface area contributed by atoms with Gasteiger partial charge in [0.15, 0.2) is 0 Å². The second kappa shape index (κ2) is 5.32. The monoisotopic (exact) mass is 317 g/mol. The number of halogens is 1. The molecule has 1 aliphatic carbocycles. The van der Waals surface area contributed by atoms with Gasteiger partial charge in [-0.05, 0) is 37.8 Å². The zero-order valence-electron chi connectivity index (χ0n) is 11.4. The predicted octanol–water partition coefficient (Wildman–Crippen LogP) is 1.14. The van der Waals surface area contributed by atoms with Crippen LogP contribution >= 0.6 is 0 Å². The molecule has 0 spiro atoms. The van der Waals surface area contributed by atoms with Crippen LogP contribution in [0.2, 0.25) is 0 Å². The highest BCUT2D eigenvalue weighted by atomic mass is 32.2. The molecule has 3 N–H and O–H groups in total. The van der Waals surface area contributed by atoms with Crippen LogP contribution in [0.3, 0.4) is 0 Å². The highest BCUT2D eigenvalue weighted by molar-refractivity contribution is 7.89. The molecule has 1 aromatic rings. The van der Waals surface area contributed by atoms with Gasteiger partial charge in [0.25, 0.3) is 0 Å². The van der Waals surface area contributed by atoms with Crippen LogP contribution in [-0.2, 0) is 10.0 Å². The average Bonchev–Trinajstić information content (AvgIpc) is 3.22. The second-order valence-corrected chi connectivity index (χ2v) is 7.05. The Balaban J connectivity index is 2.35. The van der Waals surface area contributed by atoms with Gasteiger partial charge >= 0.3 is 5.69 Å². The van der Waals surface area contributed by atoms with Gasteiger partial charge in [-0.2, -0.15) is 4.39 Å². The Morgan fingerprint density at radius 2 is 2.14 bits per heavy atom. The zero-order chi connectivity index (χ0) is 15.8. The molecule has 0 amide bonds. The maximum Gasteiger partial charge on any atom is 0.306 e. The second-order valence-electron chi connectivity index (χ2n) is 5.37. The van der Waals surface area contributed by atoms with E-state index in [0.29, 0.717) is 6.07 Å². The lowest BCUT2D eigenvalue weighted by Gasteiger charge is -2.29. The Morgan fingerprint density at radius 3 is 2.62 bits per heavy atom. The molecule has 9 heteroatoms. The van der Waals surface area contributed by atoms with Crippen molar-refractivity contribution in [3.05, 3.63) is 34.1 Å². The summed E-state index contributed by atoms with van der Waals surface area (Å²) in [4.78, 5) is 9.38. The van der Waals surface area contributed by atoms with Gasteiger partial charge in [-0.3, -0.25) is 10.1 Å². The van der Waals surface area contributed by atoms with E-state index in [1.807, 2.05) is 0 Å². The van der Waals surface area contributed by atoms with E-state index in [1.54, 1.807) is 6.92 Å². The molecular formula is C12H16FN3O4S. The Labute approximate surface area is 121 Å². The van der Waals surface area contributed by atoms with Crippen molar-refractivity contribution in [2.75, 3.05) is 6.54 Å². The van der Waals surface area contributed by atoms with Crippen molar-refractivity contribution in [3.63, 3.8) is 0 Å². The minimum atomic E-state index is -4.01. The number of nitrogens with one attached hydrogen (secondary N) is 1. The quantitative estimate of drug-likeness (QED) is 0.603. The molecule has 0 heterocycles. The summed E-state index contributed by atoms with van der Waals surface area (Å²) in [6, 6.07) is 2.47. The summed E-state index contributed by atoms with van der Waals surface area (Å²) in [7, 11) is -4.01. The van der Waals surface area contributed by atoms with Crippen molar-refractivity contribution < 1.29 is 17.7 Å². The SMILES string of the molecule is CC(CN)(NS(=O)(=O)c1ccc(F)c([N+](=O)[O-])c1)C1CC1. The molecule has 0 aliphatic heterocycles. The summed E-state index contributed by atoms with van der Waals surface area (Å²) >= 11 is 0. The number of hydrogen-bond acceptors (Lipinski definition) is 5. The van der Waals surface area contributed by atoms with Gasteiger partial charge in [-0.25, -0.2) is 13.1 Å². The van der Waals surface area contributed by atoms with Gasteiger partial charge in [0.1, 0.15) is 0 Å². The molecule has 1 atom stereocenters. The number of nitrogens with two attached hydrogens (primary N) is 1. The number of rotatable bonds is 6. The Bertz CT molecular complexity index is 675. The van der Waals surface area contributed by atoms with E-state index in [2.05, 4.69) is 4.72 Å². The van der Waals surface area contributed by atoms with Crippen molar-refractivity contribution in [1.82, 2.24) is 4.72 Å². The number of sulfonamides is 1. The zero-order valence-corrected chi connectivity index (χ0v) is 12.2. The number of hydrogen-bond donors (Lipinski definition) is 2. The summed E-state index contributed by atoms with van der Waals surface area (Å²) in [5.41, 5.74) is 3.96. The lowest BCUT2D eigenvalue weighted by atomic mass is 9.98. The molecule has 1 aliphatic rings. The standard InChI is InChI=1S/C12H16FN3O4S/c1-12(7-14,8-2-3-8)15-21(19,20)9-4-5-10(13)11(6-9)16(17)18/h4-6,8,15H,2-3,7,14H2,1H3. The maximum absolute atomic E-state index is 13.3. The molecule has 1 aromatic carbocycles. The first-order valence-electron chi connectivity index (χ1n) is 6.37. The van der Waals surface area contributed by atoms with Crippen molar-refractivity contribution in [3.8, 4) is 0 Å². The number of benzene rings is 1. The topological polar surface area (TPSA) is 115 Å². The molecule has 0 aromatic heterocycles. The summed E-state index contributed by atoms with van der Waals surface area (Å²) in [6.07, 6.45) is 1.75. The third-order valence-electron chi connectivity index (χ3n) is 3.69. The molecule has 116 valence electrons. The summed E-state index contributed by atoms with van der Waals surface area (Å²) in [5, 5.41) is 10.7. The first kappa shape index (κ1) is 15.8. The molecule has 1 unspecified atom stereocenters. The van der Waals surface area contributed by atoms with E-state index in [0.717, 1.165) is 25.0 Å². The van der Waals surface area contributed by atoms with Crippen molar-refractivity contribution in [1.29, 1.82) is 0 Å². The van der Waals surface area contributed by atoms with E-state index in [4.69, 9.17) is 5.73 Å². The van der Waals surface area contributed by atoms with Crippen LogP contribution in [0.15, 0.2) is 23.1 Å². The van der Waals surface area contributed by atoms with Crippen LogP contribution < -0.4 is 10.5 Å². The van der Waals surface area contributed by atoms with Gasteiger partial charge in [-0.1, -0.05) is 0 Å². The normalized spacial score (nSPS) is 18.2. The van der Waals surface area contributed by atoms with Gasteiger partial charge < -0.3 is 5.73 Å². The van der Waals surface area contributed by atoms with Crippen molar-refractivity contribution >= 4 is 15.7 Å². The fraction of sp³-hybridized carbons (Fsp3) is 0.500. The largest absolute Gasteiger partial charge is 0.329 e. The molecular weight excluding hydrogens is 301 g/mol. The number of nitro benzene ring substituents is 1. The maximum atomic E-state index is 13.3. The van der Waals surface area contributed by atoms with E-state index < -0.39 is 32.0 Å². The summed E-state index contributed by atoms with van der Waals surface area (Å²) in [5.74, 6) is -0.935. The Hall–Kier alpha value is -1.58. The van der Waals surface area contributed by atoms with Crippen LogP contribution in [-0.4, -0.2) is 25.4 Å². The first-order valence-corrected chi connectivity index (χ1v) is 7.86. The molecule has 0 bridgehead atoms. The van der Waals surface area contributed by atoms with E-state index >= 15 is 0 Å². The van der Waals surface area contributed by atoms with E-state index in [1.165, 1.54) is 0 Å². The van der Waals surface area contributed by atoms with Gasteiger partial charge in [0.2, 0.25) is 15.8 Å².